The van der Waals surface area contributed by atoms with Crippen LogP contribution in [0.25, 0.3) is 22.3 Å². The predicted molar refractivity (Wildman–Crippen MR) is 151 cm³/mol. The van der Waals surface area contributed by atoms with Crippen LogP contribution in [-0.4, -0.2) is 45.6 Å². The number of nitrogens with one attached hydrogen (secondary N) is 1. The Morgan fingerprint density at radius 3 is 2.23 bits per heavy atom. The molecule has 0 saturated heterocycles. The molecule has 210 valence electrons. The first-order valence-corrected chi connectivity index (χ1v) is 14.6. The number of fused-ring (bicyclic) bond motifs is 1. The molecule has 0 spiro atoms. The highest BCUT2D eigenvalue weighted by Gasteiger charge is 2.39. The van der Waals surface area contributed by atoms with E-state index in [2.05, 4.69) is 5.32 Å². The van der Waals surface area contributed by atoms with E-state index in [1.807, 2.05) is 30.3 Å². The monoisotopic (exact) mass is 565 g/mol. The molecule has 1 aliphatic heterocycles. The molecular formula is C30H31NO8S. The Balaban J connectivity index is 1.94. The van der Waals surface area contributed by atoms with Gasteiger partial charge in [-0.2, -0.15) is 0 Å². The zero-order valence-electron chi connectivity index (χ0n) is 23.0. The van der Waals surface area contributed by atoms with Crippen LogP contribution < -0.4 is 10.7 Å². The number of para-hydroxylation sites is 1. The summed E-state index contributed by atoms with van der Waals surface area (Å²) in [6.07, 6.45) is 0. The van der Waals surface area contributed by atoms with Crippen LogP contribution in [0.15, 0.2) is 80.3 Å². The number of esters is 2. The van der Waals surface area contributed by atoms with Crippen molar-refractivity contribution in [3.63, 3.8) is 0 Å². The lowest BCUT2D eigenvalue weighted by Gasteiger charge is -2.30. The number of sulfone groups is 1. The molecule has 0 aliphatic carbocycles. The van der Waals surface area contributed by atoms with Gasteiger partial charge in [-0.25, -0.2) is 18.0 Å². The third-order valence-corrected chi connectivity index (χ3v) is 8.64. The molecule has 1 atom stereocenters. The largest absolute Gasteiger partial charge is 0.466 e. The Morgan fingerprint density at radius 1 is 0.950 bits per heavy atom. The zero-order valence-corrected chi connectivity index (χ0v) is 23.8. The number of dihydropyridines is 1. The van der Waals surface area contributed by atoms with Crippen molar-refractivity contribution in [2.45, 2.75) is 33.6 Å². The minimum atomic E-state index is -3.37. The fraction of sp³-hybridized carbons (Fsp3) is 0.300. The fourth-order valence-corrected chi connectivity index (χ4v) is 5.49. The number of rotatable bonds is 8. The summed E-state index contributed by atoms with van der Waals surface area (Å²) in [7, 11) is -2.14. The van der Waals surface area contributed by atoms with Crippen molar-refractivity contribution in [2.24, 2.45) is 0 Å². The van der Waals surface area contributed by atoms with Gasteiger partial charge in [-0.15, -0.1) is 0 Å². The number of benzene rings is 2. The molecule has 10 heteroatoms. The maximum Gasteiger partial charge on any atom is 0.336 e. The summed E-state index contributed by atoms with van der Waals surface area (Å²) in [5, 5.41) is 3.33. The average molecular weight is 566 g/mol. The number of allylic oxidation sites excluding steroid dienone is 2. The van der Waals surface area contributed by atoms with E-state index in [1.54, 1.807) is 39.0 Å². The predicted octanol–water partition coefficient (Wildman–Crippen LogP) is 4.15. The van der Waals surface area contributed by atoms with Crippen molar-refractivity contribution in [1.82, 2.24) is 5.32 Å². The SMILES string of the molecule is CCS(=O)(=O)CCOC(=O)C1=C(C)NC(C)=C(C(=O)OC)C1c1cccc2c(=O)c(C)c(-c3ccccc3)oc12. The topological polar surface area (TPSA) is 129 Å². The molecule has 0 saturated carbocycles. The van der Waals surface area contributed by atoms with Crippen LogP contribution in [0.1, 0.15) is 37.8 Å². The summed E-state index contributed by atoms with van der Waals surface area (Å²) >= 11 is 0. The number of hydrogen-bond donors (Lipinski definition) is 1. The first-order valence-electron chi connectivity index (χ1n) is 12.8. The molecule has 4 rings (SSSR count). The number of carbonyl (C=O) groups excluding carboxylic acids is 2. The lowest BCUT2D eigenvalue weighted by atomic mass is 9.79. The summed E-state index contributed by atoms with van der Waals surface area (Å²) in [5.74, 6) is -2.55. The summed E-state index contributed by atoms with van der Waals surface area (Å²) < 4.78 is 40.8. The molecule has 1 aliphatic rings. The highest BCUT2D eigenvalue weighted by molar-refractivity contribution is 7.91. The van der Waals surface area contributed by atoms with Crippen LogP contribution in [0.2, 0.25) is 0 Å². The number of ether oxygens (including phenoxy) is 2. The fourth-order valence-electron chi connectivity index (χ4n) is 4.86. The van der Waals surface area contributed by atoms with Gasteiger partial charge in [0, 0.05) is 33.8 Å². The van der Waals surface area contributed by atoms with Gasteiger partial charge in [0.15, 0.2) is 15.3 Å². The van der Waals surface area contributed by atoms with Gasteiger partial charge in [-0.05, 0) is 26.8 Å². The van der Waals surface area contributed by atoms with E-state index in [4.69, 9.17) is 13.9 Å². The smallest absolute Gasteiger partial charge is 0.336 e. The minimum absolute atomic E-state index is 0.0803. The van der Waals surface area contributed by atoms with Crippen molar-refractivity contribution < 1.29 is 31.9 Å². The Bertz CT molecular complexity index is 1720. The third kappa shape index (κ3) is 5.44. The Labute approximate surface area is 232 Å². The van der Waals surface area contributed by atoms with Crippen molar-refractivity contribution in [3.05, 3.63) is 92.4 Å². The van der Waals surface area contributed by atoms with Crippen molar-refractivity contribution in [1.29, 1.82) is 0 Å². The molecule has 0 bridgehead atoms. The molecule has 0 fully saturated rings. The molecule has 40 heavy (non-hydrogen) atoms. The van der Waals surface area contributed by atoms with E-state index in [-0.39, 0.29) is 45.7 Å². The quantitative estimate of drug-likeness (QED) is 0.400. The number of methoxy groups -OCH3 is 1. The lowest BCUT2D eigenvalue weighted by Crippen LogP contribution is -2.33. The van der Waals surface area contributed by atoms with Gasteiger partial charge in [0.2, 0.25) is 0 Å². The van der Waals surface area contributed by atoms with Crippen LogP contribution in [0, 0.1) is 6.92 Å². The molecule has 2 heterocycles. The van der Waals surface area contributed by atoms with Gasteiger partial charge in [0.05, 0.1) is 35.3 Å². The molecule has 1 aromatic heterocycles. The zero-order chi connectivity index (χ0) is 29.2. The first-order chi connectivity index (χ1) is 19.0. The minimum Gasteiger partial charge on any atom is -0.466 e. The van der Waals surface area contributed by atoms with Crippen LogP contribution >= 0.6 is 0 Å². The summed E-state index contributed by atoms with van der Waals surface area (Å²) in [6, 6.07) is 14.1. The van der Waals surface area contributed by atoms with Crippen LogP contribution in [0.3, 0.4) is 0 Å². The summed E-state index contributed by atoms with van der Waals surface area (Å²) in [6.45, 7) is 6.19. The maximum absolute atomic E-state index is 13.5. The van der Waals surface area contributed by atoms with Gasteiger partial charge in [0.25, 0.3) is 0 Å². The molecule has 3 aromatic rings. The molecule has 1 unspecified atom stereocenters. The van der Waals surface area contributed by atoms with Gasteiger partial charge in [-0.1, -0.05) is 49.4 Å². The van der Waals surface area contributed by atoms with E-state index < -0.39 is 27.7 Å². The first kappa shape index (κ1) is 28.8. The average Bonchev–Trinajstić information content (AvgIpc) is 2.94. The van der Waals surface area contributed by atoms with E-state index in [9.17, 15) is 22.8 Å². The van der Waals surface area contributed by atoms with Gasteiger partial charge >= 0.3 is 11.9 Å². The third-order valence-electron chi connectivity index (χ3n) is 6.98. The van der Waals surface area contributed by atoms with E-state index in [0.29, 0.717) is 33.8 Å². The van der Waals surface area contributed by atoms with Crippen molar-refractivity contribution in [2.75, 3.05) is 25.2 Å². The second-order valence-corrected chi connectivity index (χ2v) is 11.9. The highest BCUT2D eigenvalue weighted by atomic mass is 32.2. The molecule has 1 N–H and O–H groups in total. The lowest BCUT2D eigenvalue weighted by molar-refractivity contribution is -0.139. The number of carbonyl (C=O) groups is 2. The molecule has 0 radical (unpaired) electrons. The van der Waals surface area contributed by atoms with Crippen LogP contribution in [0.5, 0.6) is 0 Å². The second kappa shape index (κ2) is 11.5. The van der Waals surface area contributed by atoms with Gasteiger partial charge in [0.1, 0.15) is 18.0 Å². The van der Waals surface area contributed by atoms with Gasteiger partial charge in [-0.3, -0.25) is 4.79 Å². The molecule has 0 amide bonds. The molecular weight excluding hydrogens is 534 g/mol. The van der Waals surface area contributed by atoms with Crippen LogP contribution in [0.4, 0.5) is 0 Å². The van der Waals surface area contributed by atoms with E-state index >= 15 is 0 Å². The normalized spacial score (nSPS) is 15.7. The van der Waals surface area contributed by atoms with E-state index in [1.165, 1.54) is 14.0 Å². The highest BCUT2D eigenvalue weighted by Crippen LogP contribution is 2.42. The van der Waals surface area contributed by atoms with Crippen molar-refractivity contribution >= 4 is 32.7 Å². The Hall–Kier alpha value is -4.18. The Morgan fingerprint density at radius 2 is 1.60 bits per heavy atom. The maximum atomic E-state index is 13.5. The molecule has 2 aromatic carbocycles. The van der Waals surface area contributed by atoms with Crippen molar-refractivity contribution in [3.8, 4) is 11.3 Å². The second-order valence-electron chi connectivity index (χ2n) is 9.47. The molecule has 9 nitrogen and oxygen atoms in total. The van der Waals surface area contributed by atoms with E-state index in [0.717, 1.165) is 0 Å². The van der Waals surface area contributed by atoms with Crippen LogP contribution in [-0.2, 0) is 28.9 Å². The summed E-state index contributed by atoms with van der Waals surface area (Å²) in [4.78, 5) is 40.1. The Kier molecular flexibility index (Phi) is 8.29. The summed E-state index contributed by atoms with van der Waals surface area (Å²) in [5.41, 5.74) is 2.56. The van der Waals surface area contributed by atoms with Gasteiger partial charge < -0.3 is 19.2 Å². The standard InChI is InChI=1S/C30H31NO8S/c1-6-40(35,36)16-15-38-30(34)24-19(4)31-18(3)23(29(33)37-5)25(24)21-13-10-14-22-26(32)17(2)27(39-28(21)22)20-11-8-7-9-12-20/h7-14,25,31H,6,15-16H2,1-5H3. The number of hydrogen-bond acceptors (Lipinski definition) is 9.